The van der Waals surface area contributed by atoms with E-state index in [0.29, 0.717) is 6.54 Å². The summed E-state index contributed by atoms with van der Waals surface area (Å²) in [6.07, 6.45) is 3.46. The number of benzene rings is 1. The number of rotatable bonds is 1. The summed E-state index contributed by atoms with van der Waals surface area (Å²) in [6.45, 7) is 2.76. The minimum Gasteiger partial charge on any atom is -0.391 e. The van der Waals surface area contributed by atoms with Crippen LogP contribution in [-0.4, -0.2) is 20.8 Å². The largest absolute Gasteiger partial charge is 0.391 e. The van der Waals surface area contributed by atoms with Crippen LogP contribution in [-0.2, 0) is 13.0 Å². The molecule has 0 spiro atoms. The van der Waals surface area contributed by atoms with Crippen molar-refractivity contribution in [3.63, 3.8) is 0 Å². The molecule has 1 aromatic heterocycles. The van der Waals surface area contributed by atoms with Gasteiger partial charge in [-0.3, -0.25) is 0 Å². The van der Waals surface area contributed by atoms with Crippen molar-refractivity contribution in [2.24, 2.45) is 0 Å². The number of aliphatic hydroxyl groups is 1. The number of aromatic nitrogens is 2. The van der Waals surface area contributed by atoms with Crippen LogP contribution in [0.4, 0.5) is 0 Å². The molecule has 0 amide bonds. The van der Waals surface area contributed by atoms with Crippen LogP contribution in [0.3, 0.4) is 0 Å². The van der Waals surface area contributed by atoms with Crippen molar-refractivity contribution in [3.05, 3.63) is 41.7 Å². The molecule has 0 fully saturated rings. The van der Waals surface area contributed by atoms with Gasteiger partial charge in [-0.05, 0) is 25.3 Å². The molecular formula is C14H16N2O. The van der Waals surface area contributed by atoms with Crippen molar-refractivity contribution in [2.45, 2.75) is 32.4 Å². The van der Waals surface area contributed by atoms with Gasteiger partial charge in [0.25, 0.3) is 0 Å². The number of hydrogen-bond donors (Lipinski definition) is 1. The zero-order chi connectivity index (χ0) is 11.8. The maximum Gasteiger partial charge on any atom is 0.140 e. The average molecular weight is 228 g/mol. The summed E-state index contributed by atoms with van der Waals surface area (Å²) in [6, 6.07) is 8.25. The first-order valence-electron chi connectivity index (χ1n) is 6.04. The highest BCUT2D eigenvalue weighted by molar-refractivity contribution is 5.60. The van der Waals surface area contributed by atoms with Gasteiger partial charge in [-0.1, -0.05) is 24.3 Å². The van der Waals surface area contributed by atoms with Gasteiger partial charge in [-0.15, -0.1) is 0 Å². The second-order valence-corrected chi connectivity index (χ2v) is 4.69. The Bertz CT molecular complexity index is 545. The summed E-state index contributed by atoms with van der Waals surface area (Å²) in [5.41, 5.74) is 3.61. The van der Waals surface area contributed by atoms with Gasteiger partial charge in [0.1, 0.15) is 5.82 Å². The van der Waals surface area contributed by atoms with Crippen LogP contribution in [0.15, 0.2) is 30.5 Å². The van der Waals surface area contributed by atoms with Crippen molar-refractivity contribution in [2.75, 3.05) is 0 Å². The van der Waals surface area contributed by atoms with Crippen molar-refractivity contribution in [1.29, 1.82) is 0 Å². The molecule has 1 aliphatic heterocycles. The molecule has 2 heterocycles. The van der Waals surface area contributed by atoms with E-state index in [9.17, 15) is 5.11 Å². The molecule has 1 unspecified atom stereocenters. The number of hydrogen-bond acceptors (Lipinski definition) is 2. The predicted molar refractivity (Wildman–Crippen MR) is 66.7 cm³/mol. The van der Waals surface area contributed by atoms with Crippen molar-refractivity contribution in [1.82, 2.24) is 9.55 Å². The highest BCUT2D eigenvalue weighted by atomic mass is 16.3. The lowest BCUT2D eigenvalue weighted by Crippen LogP contribution is -2.24. The summed E-state index contributed by atoms with van der Waals surface area (Å²) in [5, 5.41) is 9.77. The molecule has 0 saturated carbocycles. The Morgan fingerprint density at radius 1 is 1.35 bits per heavy atom. The molecule has 2 aromatic rings. The van der Waals surface area contributed by atoms with E-state index in [1.807, 2.05) is 18.3 Å². The zero-order valence-electron chi connectivity index (χ0n) is 9.93. The first-order valence-corrected chi connectivity index (χ1v) is 6.04. The Kier molecular flexibility index (Phi) is 2.48. The molecule has 3 rings (SSSR count). The minimum absolute atomic E-state index is 0.237. The maximum absolute atomic E-state index is 9.77. The average Bonchev–Trinajstić information content (AvgIpc) is 2.72. The molecule has 88 valence electrons. The molecule has 3 nitrogen and oxygen atoms in total. The first-order chi connectivity index (χ1) is 8.25. The highest BCUT2D eigenvalue weighted by Crippen LogP contribution is 2.26. The van der Waals surface area contributed by atoms with Crippen LogP contribution in [0.2, 0.25) is 0 Å². The van der Waals surface area contributed by atoms with Crippen molar-refractivity contribution < 1.29 is 5.11 Å². The third kappa shape index (κ3) is 1.76. The van der Waals surface area contributed by atoms with E-state index in [-0.39, 0.29) is 6.10 Å². The fourth-order valence-electron chi connectivity index (χ4n) is 2.47. The maximum atomic E-state index is 9.77. The standard InChI is InChI=1S/C14H16N2O/c1-10-4-2-3-5-13(10)14-15-8-11-6-7-12(17)9-16(11)14/h2-5,8,12,17H,6-7,9H2,1H3. The van der Waals surface area contributed by atoms with E-state index in [0.717, 1.165) is 24.2 Å². The number of aryl methyl sites for hydroxylation is 2. The predicted octanol–water partition coefficient (Wildman–Crippen LogP) is 2.17. The third-order valence-electron chi connectivity index (χ3n) is 3.45. The zero-order valence-corrected chi connectivity index (χ0v) is 9.93. The minimum atomic E-state index is -0.237. The topological polar surface area (TPSA) is 38.0 Å². The smallest absolute Gasteiger partial charge is 0.140 e. The van der Waals surface area contributed by atoms with Gasteiger partial charge in [-0.25, -0.2) is 4.98 Å². The molecule has 1 atom stereocenters. The Labute approximate surface area is 101 Å². The number of fused-ring (bicyclic) bond motifs is 1. The molecule has 1 aromatic carbocycles. The summed E-state index contributed by atoms with van der Waals surface area (Å²) < 4.78 is 2.15. The Morgan fingerprint density at radius 2 is 2.18 bits per heavy atom. The molecule has 1 aliphatic rings. The van der Waals surface area contributed by atoms with Crippen molar-refractivity contribution in [3.8, 4) is 11.4 Å². The second-order valence-electron chi connectivity index (χ2n) is 4.69. The number of aliphatic hydroxyl groups excluding tert-OH is 1. The normalized spacial score (nSPS) is 19.1. The number of imidazole rings is 1. The van der Waals surface area contributed by atoms with Crippen LogP contribution < -0.4 is 0 Å². The lowest BCUT2D eigenvalue weighted by molar-refractivity contribution is 0.132. The molecule has 1 N–H and O–H groups in total. The van der Waals surface area contributed by atoms with Crippen LogP contribution in [0.1, 0.15) is 17.7 Å². The fourth-order valence-corrected chi connectivity index (χ4v) is 2.47. The summed E-state index contributed by atoms with van der Waals surface area (Å²) in [5.74, 6) is 0.983. The van der Waals surface area contributed by atoms with Gasteiger partial charge in [0.05, 0.1) is 12.6 Å². The molecule has 3 heteroatoms. The molecule has 0 saturated heterocycles. The quantitative estimate of drug-likeness (QED) is 0.812. The Balaban J connectivity index is 2.11. The van der Waals surface area contributed by atoms with Crippen molar-refractivity contribution >= 4 is 0 Å². The second kappa shape index (κ2) is 4.00. The molecule has 0 aliphatic carbocycles. The molecular weight excluding hydrogens is 212 g/mol. The van der Waals surface area contributed by atoms with E-state index in [2.05, 4.69) is 28.6 Å². The van der Waals surface area contributed by atoms with Gasteiger partial charge >= 0.3 is 0 Å². The highest BCUT2D eigenvalue weighted by Gasteiger charge is 2.20. The van der Waals surface area contributed by atoms with E-state index >= 15 is 0 Å². The van der Waals surface area contributed by atoms with Crippen LogP contribution >= 0.6 is 0 Å². The van der Waals surface area contributed by atoms with Crippen LogP contribution in [0, 0.1) is 6.92 Å². The SMILES string of the molecule is Cc1ccccc1-c1ncc2n1CC(O)CC2. The van der Waals surface area contributed by atoms with E-state index in [1.165, 1.54) is 11.3 Å². The van der Waals surface area contributed by atoms with E-state index in [1.54, 1.807) is 0 Å². The van der Waals surface area contributed by atoms with E-state index < -0.39 is 0 Å². The number of nitrogens with zero attached hydrogens (tertiary/aromatic N) is 2. The first kappa shape index (κ1) is 10.5. The van der Waals surface area contributed by atoms with E-state index in [4.69, 9.17) is 0 Å². The Hall–Kier alpha value is -1.61. The van der Waals surface area contributed by atoms with Crippen LogP contribution in [0.5, 0.6) is 0 Å². The van der Waals surface area contributed by atoms with Gasteiger partial charge in [0, 0.05) is 17.5 Å². The molecule has 0 radical (unpaired) electrons. The van der Waals surface area contributed by atoms with Gasteiger partial charge in [-0.2, -0.15) is 0 Å². The van der Waals surface area contributed by atoms with Gasteiger partial charge in [0.15, 0.2) is 0 Å². The third-order valence-corrected chi connectivity index (χ3v) is 3.45. The summed E-state index contributed by atoms with van der Waals surface area (Å²) >= 11 is 0. The lowest BCUT2D eigenvalue weighted by atomic mass is 10.1. The lowest BCUT2D eigenvalue weighted by Gasteiger charge is -2.21. The summed E-state index contributed by atoms with van der Waals surface area (Å²) in [7, 11) is 0. The van der Waals surface area contributed by atoms with Gasteiger partial charge < -0.3 is 9.67 Å². The fraction of sp³-hybridized carbons (Fsp3) is 0.357. The molecule has 0 bridgehead atoms. The monoisotopic (exact) mass is 228 g/mol. The molecule has 17 heavy (non-hydrogen) atoms. The Morgan fingerprint density at radius 3 is 3.00 bits per heavy atom. The van der Waals surface area contributed by atoms with Gasteiger partial charge in [0.2, 0.25) is 0 Å². The van der Waals surface area contributed by atoms with Crippen LogP contribution in [0.25, 0.3) is 11.4 Å². The summed E-state index contributed by atoms with van der Waals surface area (Å²) in [4.78, 5) is 4.52.